The van der Waals surface area contributed by atoms with E-state index in [0.29, 0.717) is 0 Å². The quantitative estimate of drug-likeness (QED) is 0.172. The molecule has 55 heavy (non-hydrogen) atoms. The van der Waals surface area contributed by atoms with E-state index in [1.54, 1.807) is 0 Å². The van der Waals surface area contributed by atoms with Crippen LogP contribution in [0.4, 0.5) is 17.1 Å². The van der Waals surface area contributed by atoms with Crippen LogP contribution in [0.25, 0.3) is 82.5 Å². The molecular formula is C52H34N2O. The summed E-state index contributed by atoms with van der Waals surface area (Å²) >= 11 is 0. The molecular weight excluding hydrogens is 669 g/mol. The Bertz CT molecular complexity index is 3190. The number of rotatable bonds is 6. The highest BCUT2D eigenvalue weighted by Gasteiger charge is 2.20. The van der Waals surface area contributed by atoms with Crippen LogP contribution in [0, 0.1) is 0 Å². The predicted molar refractivity (Wildman–Crippen MR) is 231 cm³/mol. The first-order valence-electron chi connectivity index (χ1n) is 18.8. The van der Waals surface area contributed by atoms with Gasteiger partial charge >= 0.3 is 0 Å². The van der Waals surface area contributed by atoms with Crippen molar-refractivity contribution in [2.75, 3.05) is 4.90 Å². The predicted octanol–water partition coefficient (Wildman–Crippen LogP) is 14.6. The zero-order chi connectivity index (χ0) is 36.3. The number of fused-ring (bicyclic) bond motifs is 8. The average Bonchev–Trinajstić information content (AvgIpc) is 3.81. The molecule has 0 aliphatic heterocycles. The molecule has 0 fully saturated rings. The number of aromatic nitrogens is 1. The van der Waals surface area contributed by atoms with Gasteiger partial charge in [0.2, 0.25) is 0 Å². The van der Waals surface area contributed by atoms with Crippen LogP contribution < -0.4 is 4.90 Å². The first-order valence-corrected chi connectivity index (χ1v) is 18.8. The molecule has 11 rings (SSSR count). The SMILES string of the molecule is c1ccc(-c2ccccc2N(c2ccc(-c3cccc4c3oc3ccccc34)cc2)c2ccc(-n3c4ccccc4c4ccc5ccccc5c43)cc2)cc1. The van der Waals surface area contributed by atoms with Crippen molar-refractivity contribution in [1.29, 1.82) is 0 Å². The largest absolute Gasteiger partial charge is 0.455 e. The van der Waals surface area contributed by atoms with Gasteiger partial charge in [-0.2, -0.15) is 0 Å². The summed E-state index contributed by atoms with van der Waals surface area (Å²) in [6.45, 7) is 0. The topological polar surface area (TPSA) is 21.3 Å². The standard InChI is InChI=1S/C52H34N2O/c1-2-13-35(14-3-1)41-16-6-9-22-48(41)53(38-28-25-37(26-29-38)43-20-12-21-47-45-19-8-11-24-50(45)55-52(43)47)39-30-32-40(33-31-39)54-49-23-10-7-18-44(49)46-34-27-36-15-4-5-17-42(36)51(46)54/h1-34H. The van der Waals surface area contributed by atoms with E-state index < -0.39 is 0 Å². The highest BCUT2D eigenvalue weighted by Crippen LogP contribution is 2.43. The highest BCUT2D eigenvalue weighted by molar-refractivity contribution is 6.18. The summed E-state index contributed by atoms with van der Waals surface area (Å²) in [4.78, 5) is 2.37. The lowest BCUT2D eigenvalue weighted by atomic mass is 10.00. The Hall–Kier alpha value is -7.36. The molecule has 258 valence electrons. The molecule has 2 heterocycles. The molecule has 0 aliphatic rings. The van der Waals surface area contributed by atoms with Crippen molar-refractivity contribution in [3.8, 4) is 27.9 Å². The van der Waals surface area contributed by atoms with Gasteiger partial charge in [0, 0.05) is 55.1 Å². The van der Waals surface area contributed by atoms with E-state index >= 15 is 0 Å². The van der Waals surface area contributed by atoms with Crippen LogP contribution in [0.3, 0.4) is 0 Å². The smallest absolute Gasteiger partial charge is 0.143 e. The molecule has 0 saturated heterocycles. The Morgan fingerprint density at radius 1 is 0.382 bits per heavy atom. The fourth-order valence-electron chi connectivity index (χ4n) is 8.47. The first-order chi connectivity index (χ1) is 27.3. The summed E-state index contributed by atoms with van der Waals surface area (Å²) < 4.78 is 8.85. The fraction of sp³-hybridized carbons (Fsp3) is 0. The zero-order valence-electron chi connectivity index (χ0n) is 29.9. The maximum Gasteiger partial charge on any atom is 0.143 e. The van der Waals surface area contributed by atoms with Crippen molar-refractivity contribution in [1.82, 2.24) is 4.57 Å². The third-order valence-electron chi connectivity index (χ3n) is 11.0. The van der Waals surface area contributed by atoms with Gasteiger partial charge in [-0.15, -0.1) is 0 Å². The van der Waals surface area contributed by atoms with Crippen LogP contribution in [0.2, 0.25) is 0 Å². The average molecular weight is 703 g/mol. The van der Waals surface area contributed by atoms with E-state index in [0.717, 1.165) is 61.4 Å². The number of nitrogens with zero attached hydrogens (tertiary/aromatic N) is 2. The van der Waals surface area contributed by atoms with E-state index in [2.05, 4.69) is 204 Å². The van der Waals surface area contributed by atoms with Crippen molar-refractivity contribution < 1.29 is 4.42 Å². The van der Waals surface area contributed by atoms with E-state index in [4.69, 9.17) is 4.42 Å². The van der Waals surface area contributed by atoms with Crippen molar-refractivity contribution in [2.24, 2.45) is 0 Å². The van der Waals surface area contributed by atoms with E-state index in [1.165, 1.54) is 38.1 Å². The highest BCUT2D eigenvalue weighted by atomic mass is 16.3. The third-order valence-corrected chi connectivity index (χ3v) is 11.0. The zero-order valence-corrected chi connectivity index (χ0v) is 29.9. The normalized spacial score (nSPS) is 11.6. The van der Waals surface area contributed by atoms with Gasteiger partial charge in [-0.05, 0) is 71.1 Å². The third kappa shape index (κ3) is 5.05. The minimum absolute atomic E-state index is 0.905. The lowest BCUT2D eigenvalue weighted by molar-refractivity contribution is 0.670. The van der Waals surface area contributed by atoms with E-state index in [-0.39, 0.29) is 0 Å². The number of anilines is 3. The molecule has 2 aromatic heterocycles. The molecule has 0 aliphatic carbocycles. The lowest BCUT2D eigenvalue weighted by Crippen LogP contribution is -2.11. The Morgan fingerprint density at radius 3 is 1.84 bits per heavy atom. The van der Waals surface area contributed by atoms with Crippen molar-refractivity contribution in [3.05, 3.63) is 206 Å². The van der Waals surface area contributed by atoms with Crippen LogP contribution in [-0.4, -0.2) is 4.57 Å². The molecule has 11 aromatic rings. The van der Waals surface area contributed by atoms with Gasteiger partial charge < -0.3 is 13.9 Å². The minimum Gasteiger partial charge on any atom is -0.455 e. The summed E-state index contributed by atoms with van der Waals surface area (Å²) in [6.07, 6.45) is 0. The lowest BCUT2D eigenvalue weighted by Gasteiger charge is -2.28. The van der Waals surface area contributed by atoms with Crippen molar-refractivity contribution >= 4 is 71.6 Å². The fourth-order valence-corrected chi connectivity index (χ4v) is 8.47. The second-order valence-electron chi connectivity index (χ2n) is 14.1. The van der Waals surface area contributed by atoms with Gasteiger partial charge in [0.1, 0.15) is 11.2 Å². The summed E-state index contributed by atoms with van der Waals surface area (Å²) in [5, 5.41) is 7.26. The Morgan fingerprint density at radius 2 is 1.00 bits per heavy atom. The number of furan rings is 1. The molecule has 0 spiro atoms. The van der Waals surface area contributed by atoms with Gasteiger partial charge in [-0.25, -0.2) is 0 Å². The molecule has 3 nitrogen and oxygen atoms in total. The maximum absolute atomic E-state index is 6.43. The monoisotopic (exact) mass is 702 g/mol. The van der Waals surface area contributed by atoms with Crippen LogP contribution in [0.15, 0.2) is 211 Å². The minimum atomic E-state index is 0.905. The second-order valence-corrected chi connectivity index (χ2v) is 14.1. The molecule has 3 heteroatoms. The molecule has 0 amide bonds. The Balaban J connectivity index is 1.07. The molecule has 0 atom stereocenters. The summed E-state index contributed by atoms with van der Waals surface area (Å²) in [7, 11) is 0. The maximum atomic E-state index is 6.43. The van der Waals surface area contributed by atoms with Crippen LogP contribution in [-0.2, 0) is 0 Å². The van der Waals surface area contributed by atoms with Gasteiger partial charge in [-0.1, -0.05) is 152 Å². The summed E-state index contributed by atoms with van der Waals surface area (Å²) in [5.41, 5.74) is 13.1. The number of para-hydroxylation sites is 4. The molecule has 0 radical (unpaired) electrons. The first kappa shape index (κ1) is 31.2. The Kier molecular flexibility index (Phi) is 7.17. The number of hydrogen-bond donors (Lipinski definition) is 0. The second kappa shape index (κ2) is 12.6. The number of benzene rings is 9. The van der Waals surface area contributed by atoms with E-state index in [1.807, 2.05) is 12.1 Å². The van der Waals surface area contributed by atoms with Crippen molar-refractivity contribution in [2.45, 2.75) is 0 Å². The molecule has 0 unspecified atom stereocenters. The molecule has 0 saturated carbocycles. The molecule has 9 aromatic carbocycles. The molecule has 0 bridgehead atoms. The van der Waals surface area contributed by atoms with Gasteiger partial charge in [0.25, 0.3) is 0 Å². The summed E-state index contributed by atoms with van der Waals surface area (Å²) in [5.74, 6) is 0. The Labute approximate surface area is 318 Å². The van der Waals surface area contributed by atoms with Gasteiger partial charge in [0.15, 0.2) is 0 Å². The number of hydrogen-bond acceptors (Lipinski definition) is 2. The van der Waals surface area contributed by atoms with Crippen LogP contribution in [0.5, 0.6) is 0 Å². The van der Waals surface area contributed by atoms with Gasteiger partial charge in [0.05, 0.1) is 16.7 Å². The van der Waals surface area contributed by atoms with Gasteiger partial charge in [-0.3, -0.25) is 0 Å². The van der Waals surface area contributed by atoms with Crippen LogP contribution in [0.1, 0.15) is 0 Å². The summed E-state index contributed by atoms with van der Waals surface area (Å²) in [6, 6.07) is 73.9. The van der Waals surface area contributed by atoms with Crippen LogP contribution >= 0.6 is 0 Å². The van der Waals surface area contributed by atoms with Crippen molar-refractivity contribution in [3.63, 3.8) is 0 Å². The molecule has 0 N–H and O–H groups in total. The van der Waals surface area contributed by atoms with E-state index in [9.17, 15) is 0 Å².